The molecule has 0 aliphatic heterocycles. The molecule has 0 unspecified atom stereocenters. The third kappa shape index (κ3) is 11.1. The van der Waals surface area contributed by atoms with Crippen LogP contribution in [0.15, 0.2) is 30.6 Å². The van der Waals surface area contributed by atoms with E-state index in [-0.39, 0.29) is 0 Å². The van der Waals surface area contributed by atoms with Crippen molar-refractivity contribution >= 4 is 11.0 Å². The molecule has 1 heterocycles. The van der Waals surface area contributed by atoms with Crippen LogP contribution in [0.3, 0.4) is 0 Å². The summed E-state index contributed by atoms with van der Waals surface area (Å²) in [5, 5.41) is 0. The van der Waals surface area contributed by atoms with Crippen molar-refractivity contribution in [2.24, 2.45) is 0 Å². The first-order chi connectivity index (χ1) is 7.66. The van der Waals surface area contributed by atoms with E-state index in [1.165, 1.54) is 32.2 Å². The van der Waals surface area contributed by atoms with Crippen molar-refractivity contribution in [1.82, 2.24) is 0 Å². The second-order valence-corrected chi connectivity index (χ2v) is 3.89. The minimum Gasteiger partial charge on any atom is -0.288 e. The molecule has 0 fully saturated rings. The molecule has 0 saturated carbocycles. The van der Waals surface area contributed by atoms with Crippen LogP contribution >= 0.6 is 0 Å². The predicted octanol–water partition coefficient (Wildman–Crippen LogP) is 1.63. The molecule has 0 aromatic carbocycles. The highest BCUT2D eigenvalue weighted by Gasteiger charge is 1.95. The van der Waals surface area contributed by atoms with Crippen molar-refractivity contribution < 1.29 is 17.5 Å². The lowest BCUT2D eigenvalue weighted by Crippen LogP contribution is -2.32. The number of hydrogen-bond acceptors (Lipinski definition) is 2. The highest BCUT2D eigenvalue weighted by molar-refractivity contribution is 7.66. The standard InChI is InChI=1S/C11H18N.H2O3S/c1-2-3-4-6-9-12-10-7-5-8-11-12;1-4(2)3/h5,7-8,10-11H,2-4,6,9H2,1H3;4H,(H,1,2,3)/q+1;. The molecule has 0 aliphatic rings. The molecule has 0 aliphatic carbocycles. The van der Waals surface area contributed by atoms with Gasteiger partial charge < -0.3 is 0 Å². The molecule has 0 saturated heterocycles. The van der Waals surface area contributed by atoms with Crippen molar-refractivity contribution in [2.75, 3.05) is 0 Å². The Balaban J connectivity index is 0.000000487. The topological polar surface area (TPSA) is 58.2 Å². The molecule has 1 aromatic heterocycles. The average Bonchev–Trinajstić information content (AvgIpc) is 2.25. The SMILES string of the molecule is CCCCCC[n+]1ccccc1.O=[SH](=O)O. The summed E-state index contributed by atoms with van der Waals surface area (Å²) in [5.74, 6) is 0. The molecule has 0 radical (unpaired) electrons. The van der Waals surface area contributed by atoms with Crippen molar-refractivity contribution in [3.8, 4) is 0 Å². The molecule has 1 rings (SSSR count). The molecule has 16 heavy (non-hydrogen) atoms. The van der Waals surface area contributed by atoms with E-state index < -0.39 is 11.0 Å². The highest BCUT2D eigenvalue weighted by atomic mass is 32.2. The summed E-state index contributed by atoms with van der Waals surface area (Å²) < 4.78 is 26.4. The Kier molecular flexibility index (Phi) is 9.95. The molecule has 5 heteroatoms. The molecule has 92 valence electrons. The quantitative estimate of drug-likeness (QED) is 0.359. The molecular weight excluding hydrogens is 226 g/mol. The van der Waals surface area contributed by atoms with Crippen LogP contribution in [0, 0.1) is 0 Å². The fraction of sp³-hybridized carbons (Fsp3) is 0.545. The van der Waals surface area contributed by atoms with Crippen LogP contribution in [-0.4, -0.2) is 13.0 Å². The maximum absolute atomic E-state index is 8.59. The van der Waals surface area contributed by atoms with E-state index in [1.54, 1.807) is 0 Å². The number of aryl methyl sites for hydroxylation is 1. The monoisotopic (exact) mass is 246 g/mol. The van der Waals surface area contributed by atoms with Crippen LogP contribution in [0.1, 0.15) is 32.6 Å². The fourth-order valence-electron chi connectivity index (χ4n) is 1.30. The van der Waals surface area contributed by atoms with Crippen molar-refractivity contribution in [1.29, 1.82) is 0 Å². The van der Waals surface area contributed by atoms with Gasteiger partial charge in [-0.05, 0) is 6.42 Å². The van der Waals surface area contributed by atoms with E-state index in [2.05, 4.69) is 42.1 Å². The van der Waals surface area contributed by atoms with Gasteiger partial charge in [-0.15, -0.1) is 0 Å². The molecule has 0 amide bonds. The normalized spacial score (nSPS) is 9.69. The molecule has 0 bridgehead atoms. The van der Waals surface area contributed by atoms with Crippen LogP contribution in [-0.2, 0) is 17.5 Å². The van der Waals surface area contributed by atoms with Crippen molar-refractivity contribution in [2.45, 2.75) is 39.2 Å². The molecule has 0 atom stereocenters. The summed E-state index contributed by atoms with van der Waals surface area (Å²) >= 11 is 0. The molecule has 1 N–H and O–H groups in total. The van der Waals surface area contributed by atoms with Gasteiger partial charge in [0.15, 0.2) is 12.4 Å². The van der Waals surface area contributed by atoms with Gasteiger partial charge in [0.25, 0.3) is 11.0 Å². The lowest BCUT2D eigenvalue weighted by molar-refractivity contribution is -0.697. The Bertz CT molecular complexity index is 317. The Labute approximate surface area is 98.7 Å². The number of unbranched alkanes of at least 4 members (excludes halogenated alkanes) is 3. The van der Waals surface area contributed by atoms with Gasteiger partial charge in [-0.1, -0.05) is 25.8 Å². The van der Waals surface area contributed by atoms with Gasteiger partial charge in [0.2, 0.25) is 0 Å². The molecule has 1 aromatic rings. The zero-order valence-electron chi connectivity index (χ0n) is 9.58. The second-order valence-electron chi connectivity index (χ2n) is 3.41. The summed E-state index contributed by atoms with van der Waals surface area (Å²) in [6, 6.07) is 6.22. The van der Waals surface area contributed by atoms with E-state index in [1.807, 2.05) is 0 Å². The van der Waals surface area contributed by atoms with Gasteiger partial charge in [-0.25, -0.2) is 13.0 Å². The van der Waals surface area contributed by atoms with E-state index in [4.69, 9.17) is 13.0 Å². The highest BCUT2D eigenvalue weighted by Crippen LogP contribution is 1.97. The Hall–Kier alpha value is -0.940. The summed E-state index contributed by atoms with van der Waals surface area (Å²) in [5.41, 5.74) is 0. The number of rotatable bonds is 5. The third-order valence-electron chi connectivity index (χ3n) is 2.05. The van der Waals surface area contributed by atoms with Crippen LogP contribution in [0.25, 0.3) is 0 Å². The molecule has 0 spiro atoms. The largest absolute Gasteiger partial charge is 0.288 e. The van der Waals surface area contributed by atoms with Crippen molar-refractivity contribution in [3.05, 3.63) is 30.6 Å². The van der Waals surface area contributed by atoms with Gasteiger partial charge in [-0.3, -0.25) is 4.55 Å². The Morgan fingerprint density at radius 3 is 2.12 bits per heavy atom. The second kappa shape index (κ2) is 10.6. The first-order valence-electron chi connectivity index (χ1n) is 5.44. The maximum Gasteiger partial charge on any atom is 0.254 e. The zero-order valence-corrected chi connectivity index (χ0v) is 10.5. The number of nitrogens with zero attached hydrogens (tertiary/aromatic N) is 1. The third-order valence-corrected chi connectivity index (χ3v) is 2.05. The summed E-state index contributed by atoms with van der Waals surface area (Å²) in [7, 11) is -3.12. The Morgan fingerprint density at radius 2 is 1.62 bits per heavy atom. The van der Waals surface area contributed by atoms with E-state index in [9.17, 15) is 0 Å². The molecule has 4 nitrogen and oxygen atoms in total. The Morgan fingerprint density at radius 1 is 1.06 bits per heavy atom. The smallest absolute Gasteiger partial charge is 0.254 e. The maximum atomic E-state index is 8.59. The van der Waals surface area contributed by atoms with E-state index in [0.717, 1.165) is 0 Å². The summed E-state index contributed by atoms with van der Waals surface area (Å²) in [4.78, 5) is 0. The predicted molar refractivity (Wildman–Crippen MR) is 63.7 cm³/mol. The van der Waals surface area contributed by atoms with Gasteiger partial charge in [0.05, 0.1) is 0 Å². The van der Waals surface area contributed by atoms with Crippen LogP contribution in [0.2, 0.25) is 0 Å². The number of hydrogen-bond donors (Lipinski definition) is 2. The average molecular weight is 246 g/mol. The van der Waals surface area contributed by atoms with Gasteiger partial charge in [0, 0.05) is 18.6 Å². The zero-order chi connectivity index (χ0) is 12.2. The van der Waals surface area contributed by atoms with Crippen molar-refractivity contribution in [3.63, 3.8) is 0 Å². The van der Waals surface area contributed by atoms with Crippen LogP contribution in [0.5, 0.6) is 0 Å². The minimum absolute atomic E-state index is 1.17. The number of pyridine rings is 1. The first-order valence-corrected chi connectivity index (χ1v) is 6.57. The number of aromatic nitrogens is 1. The van der Waals surface area contributed by atoms with Crippen LogP contribution < -0.4 is 4.57 Å². The lowest BCUT2D eigenvalue weighted by Gasteiger charge is -1.95. The number of thiol groups is 1. The van der Waals surface area contributed by atoms with Gasteiger partial charge >= 0.3 is 0 Å². The molecular formula is C11H20NO3S+. The summed E-state index contributed by atoms with van der Waals surface area (Å²) in [6.07, 6.45) is 9.62. The summed E-state index contributed by atoms with van der Waals surface area (Å²) in [6.45, 7) is 3.41. The van der Waals surface area contributed by atoms with Gasteiger partial charge in [-0.2, -0.15) is 0 Å². The van der Waals surface area contributed by atoms with Crippen LogP contribution in [0.4, 0.5) is 0 Å². The van der Waals surface area contributed by atoms with E-state index in [0.29, 0.717) is 0 Å². The van der Waals surface area contributed by atoms with E-state index >= 15 is 0 Å². The van der Waals surface area contributed by atoms with Gasteiger partial charge in [0.1, 0.15) is 6.54 Å². The first kappa shape index (κ1) is 15.1. The minimum atomic E-state index is -3.12. The fourth-order valence-corrected chi connectivity index (χ4v) is 1.30. The lowest BCUT2D eigenvalue weighted by atomic mass is 10.2.